The van der Waals surface area contributed by atoms with Crippen LogP contribution in [-0.4, -0.2) is 30.8 Å². The Balaban J connectivity index is 1.54. The van der Waals surface area contributed by atoms with Gasteiger partial charge in [0.05, 0.1) is 0 Å². The van der Waals surface area contributed by atoms with Gasteiger partial charge in [0, 0.05) is 12.6 Å². The molecule has 0 aliphatic heterocycles. The molecule has 0 aromatic heterocycles. The molecule has 0 spiro atoms. The molecule has 0 radical (unpaired) electrons. The van der Waals surface area contributed by atoms with Crippen LogP contribution in [0.3, 0.4) is 0 Å². The van der Waals surface area contributed by atoms with Crippen LogP contribution in [0.1, 0.15) is 57.1 Å². The van der Waals surface area contributed by atoms with E-state index in [0.29, 0.717) is 18.5 Å². The van der Waals surface area contributed by atoms with E-state index in [1.807, 2.05) is 20.8 Å². The summed E-state index contributed by atoms with van der Waals surface area (Å²) in [6.07, 6.45) is 3.01. The molecular formula is C19H30N2O2. The molecule has 4 nitrogen and oxygen atoms in total. The summed E-state index contributed by atoms with van der Waals surface area (Å²) >= 11 is 0. The molecule has 1 aliphatic carbocycles. The number of carbonyl (C=O) groups excluding carboxylic acids is 1. The summed E-state index contributed by atoms with van der Waals surface area (Å²) in [5, 5.41) is 6.36. The topological polar surface area (TPSA) is 50.4 Å². The summed E-state index contributed by atoms with van der Waals surface area (Å²) < 4.78 is 5.20. The first kappa shape index (κ1) is 17.8. The molecule has 1 amide bonds. The van der Waals surface area contributed by atoms with Crippen molar-refractivity contribution in [3.63, 3.8) is 0 Å². The summed E-state index contributed by atoms with van der Waals surface area (Å²) in [6, 6.07) is 9.29. The Labute approximate surface area is 140 Å². The molecule has 0 atom stereocenters. The summed E-state index contributed by atoms with van der Waals surface area (Å²) in [5.41, 5.74) is 2.47. The van der Waals surface area contributed by atoms with Crippen molar-refractivity contribution < 1.29 is 9.53 Å². The van der Waals surface area contributed by atoms with Crippen LogP contribution in [-0.2, 0) is 4.74 Å². The first-order chi connectivity index (χ1) is 10.8. The second-order valence-corrected chi connectivity index (χ2v) is 7.46. The minimum absolute atomic E-state index is 0.333. The van der Waals surface area contributed by atoms with Gasteiger partial charge < -0.3 is 15.4 Å². The third kappa shape index (κ3) is 5.87. The second kappa shape index (κ2) is 7.82. The van der Waals surface area contributed by atoms with Gasteiger partial charge >= 0.3 is 6.09 Å². The van der Waals surface area contributed by atoms with Crippen molar-refractivity contribution in [1.82, 2.24) is 10.6 Å². The van der Waals surface area contributed by atoms with E-state index in [-0.39, 0.29) is 6.09 Å². The van der Waals surface area contributed by atoms with Crippen LogP contribution in [0.25, 0.3) is 0 Å². The predicted octanol–water partition coefficient (Wildman–Crippen LogP) is 3.75. The summed E-state index contributed by atoms with van der Waals surface area (Å²) in [4.78, 5) is 11.5. The van der Waals surface area contributed by atoms with Crippen molar-refractivity contribution in [1.29, 1.82) is 0 Å². The molecule has 0 bridgehead atoms. The minimum atomic E-state index is -0.432. The van der Waals surface area contributed by atoms with E-state index in [1.54, 1.807) is 0 Å². The first-order valence-electron chi connectivity index (χ1n) is 8.61. The van der Waals surface area contributed by atoms with Gasteiger partial charge in [-0.2, -0.15) is 0 Å². The van der Waals surface area contributed by atoms with Crippen LogP contribution in [0, 0.1) is 6.92 Å². The molecule has 2 rings (SSSR count). The summed E-state index contributed by atoms with van der Waals surface area (Å²) in [5.74, 6) is 0.702. The van der Waals surface area contributed by atoms with Gasteiger partial charge in [0.25, 0.3) is 0 Å². The zero-order valence-corrected chi connectivity index (χ0v) is 14.8. The monoisotopic (exact) mass is 318 g/mol. The highest BCUT2D eigenvalue weighted by atomic mass is 16.6. The normalized spacial score (nSPS) is 20.7. The highest BCUT2D eigenvalue weighted by Crippen LogP contribution is 2.38. The molecule has 1 aromatic rings. The number of hydrogen-bond acceptors (Lipinski definition) is 3. The Morgan fingerprint density at radius 3 is 2.57 bits per heavy atom. The highest BCUT2D eigenvalue weighted by Gasteiger charge is 2.30. The zero-order chi connectivity index (χ0) is 16.9. The number of alkyl carbamates (subject to hydrolysis) is 1. The smallest absolute Gasteiger partial charge is 0.407 e. The Morgan fingerprint density at radius 2 is 1.91 bits per heavy atom. The second-order valence-electron chi connectivity index (χ2n) is 7.46. The average molecular weight is 318 g/mol. The number of rotatable bonds is 6. The largest absolute Gasteiger partial charge is 0.444 e. The van der Waals surface area contributed by atoms with Gasteiger partial charge in [0.2, 0.25) is 0 Å². The Morgan fingerprint density at radius 1 is 1.22 bits per heavy atom. The van der Waals surface area contributed by atoms with Crippen LogP contribution in [0.5, 0.6) is 0 Å². The Kier molecular flexibility index (Phi) is 6.05. The fourth-order valence-corrected chi connectivity index (χ4v) is 2.98. The lowest BCUT2D eigenvalue weighted by molar-refractivity contribution is 0.0527. The van der Waals surface area contributed by atoms with Gasteiger partial charge in [-0.1, -0.05) is 24.3 Å². The maximum absolute atomic E-state index is 11.5. The molecule has 1 aromatic carbocycles. The molecule has 0 unspecified atom stereocenters. The lowest BCUT2D eigenvalue weighted by Crippen LogP contribution is -2.41. The number of hydrogen-bond donors (Lipinski definition) is 2. The van der Waals surface area contributed by atoms with Crippen molar-refractivity contribution in [2.45, 2.75) is 64.5 Å². The molecule has 1 fully saturated rings. The predicted molar refractivity (Wildman–Crippen MR) is 93.8 cm³/mol. The zero-order valence-electron chi connectivity index (χ0n) is 14.8. The van der Waals surface area contributed by atoms with Crippen LogP contribution >= 0.6 is 0 Å². The molecule has 0 saturated heterocycles. The molecule has 1 saturated carbocycles. The number of benzene rings is 1. The van der Waals surface area contributed by atoms with Gasteiger partial charge in [-0.25, -0.2) is 4.79 Å². The molecule has 1 aliphatic rings. The van der Waals surface area contributed by atoms with Crippen molar-refractivity contribution in [2.75, 3.05) is 13.1 Å². The standard InChI is InChI=1S/C19H30N2O2/c1-14-8-5-6-9-17(14)15-12-16(13-15)20-10-7-11-21-18(22)23-19(2,3)4/h5-6,8-9,15-16,20H,7,10-13H2,1-4H3,(H,21,22). The lowest BCUT2D eigenvalue weighted by atomic mass is 9.74. The van der Waals surface area contributed by atoms with Crippen LogP contribution < -0.4 is 10.6 Å². The van der Waals surface area contributed by atoms with E-state index in [4.69, 9.17) is 4.74 Å². The highest BCUT2D eigenvalue weighted by molar-refractivity contribution is 5.67. The van der Waals surface area contributed by atoms with Crippen molar-refractivity contribution in [3.8, 4) is 0 Å². The van der Waals surface area contributed by atoms with Crippen LogP contribution in [0.15, 0.2) is 24.3 Å². The molecule has 0 heterocycles. The average Bonchev–Trinajstić information content (AvgIpc) is 2.40. The fourth-order valence-electron chi connectivity index (χ4n) is 2.98. The third-order valence-electron chi connectivity index (χ3n) is 4.22. The van der Waals surface area contributed by atoms with Crippen molar-refractivity contribution in [2.24, 2.45) is 0 Å². The summed E-state index contributed by atoms with van der Waals surface area (Å²) in [7, 11) is 0. The van der Waals surface area contributed by atoms with Crippen LogP contribution in [0.2, 0.25) is 0 Å². The number of carbonyl (C=O) groups is 1. The van der Waals surface area contributed by atoms with Gasteiger partial charge in [0.1, 0.15) is 5.60 Å². The van der Waals surface area contributed by atoms with Gasteiger partial charge in [-0.3, -0.25) is 0 Å². The SMILES string of the molecule is Cc1ccccc1C1CC(NCCCNC(=O)OC(C)(C)C)C1. The summed E-state index contributed by atoms with van der Waals surface area (Å²) in [6.45, 7) is 9.38. The van der Waals surface area contributed by atoms with E-state index in [0.717, 1.165) is 13.0 Å². The third-order valence-corrected chi connectivity index (χ3v) is 4.22. The first-order valence-corrected chi connectivity index (χ1v) is 8.61. The molecule has 2 N–H and O–H groups in total. The van der Waals surface area contributed by atoms with E-state index >= 15 is 0 Å². The minimum Gasteiger partial charge on any atom is -0.444 e. The quantitative estimate of drug-likeness (QED) is 0.786. The number of amides is 1. The lowest BCUT2D eigenvalue weighted by Gasteiger charge is -2.37. The van der Waals surface area contributed by atoms with Gasteiger partial charge in [-0.15, -0.1) is 0 Å². The molecular weight excluding hydrogens is 288 g/mol. The van der Waals surface area contributed by atoms with E-state index in [2.05, 4.69) is 41.8 Å². The van der Waals surface area contributed by atoms with Gasteiger partial charge in [-0.05, 0) is 70.5 Å². The van der Waals surface area contributed by atoms with Crippen molar-refractivity contribution in [3.05, 3.63) is 35.4 Å². The van der Waals surface area contributed by atoms with Crippen molar-refractivity contribution >= 4 is 6.09 Å². The molecule has 4 heteroatoms. The number of nitrogens with one attached hydrogen (secondary N) is 2. The Bertz CT molecular complexity index is 516. The molecule has 128 valence electrons. The van der Waals surface area contributed by atoms with Gasteiger partial charge in [0.15, 0.2) is 0 Å². The van der Waals surface area contributed by atoms with E-state index < -0.39 is 5.60 Å². The Hall–Kier alpha value is -1.55. The van der Waals surface area contributed by atoms with Crippen LogP contribution in [0.4, 0.5) is 4.79 Å². The number of ether oxygens (including phenoxy) is 1. The maximum atomic E-state index is 11.5. The maximum Gasteiger partial charge on any atom is 0.407 e. The number of aryl methyl sites for hydroxylation is 1. The van der Waals surface area contributed by atoms with E-state index in [9.17, 15) is 4.79 Å². The fraction of sp³-hybridized carbons (Fsp3) is 0.632. The van der Waals surface area contributed by atoms with E-state index in [1.165, 1.54) is 24.0 Å². The molecule has 23 heavy (non-hydrogen) atoms.